The first-order valence-electron chi connectivity index (χ1n) is 6.74. The first kappa shape index (κ1) is 12.6. The van der Waals surface area contributed by atoms with Gasteiger partial charge in [0.25, 0.3) is 0 Å². The Morgan fingerprint density at radius 3 is 2.41 bits per heavy atom. The zero-order valence-corrected chi connectivity index (χ0v) is 11.6. The molecule has 0 saturated heterocycles. The topological polar surface area (TPSA) is 12.0 Å². The molecule has 1 aromatic rings. The van der Waals surface area contributed by atoms with Crippen molar-refractivity contribution in [3.05, 3.63) is 35.4 Å². The van der Waals surface area contributed by atoms with Crippen LogP contribution in [0.25, 0.3) is 0 Å². The van der Waals surface area contributed by atoms with Crippen molar-refractivity contribution in [2.45, 2.75) is 57.9 Å². The Labute approximate surface area is 106 Å². The van der Waals surface area contributed by atoms with Gasteiger partial charge in [0.2, 0.25) is 0 Å². The smallest absolute Gasteiger partial charge is 0.00968 e. The van der Waals surface area contributed by atoms with Gasteiger partial charge in [-0.1, -0.05) is 36.2 Å². The normalized spacial score (nSPS) is 18.8. The summed E-state index contributed by atoms with van der Waals surface area (Å²) in [4.78, 5) is 0. The maximum Gasteiger partial charge on any atom is 0.00968 e. The summed E-state index contributed by atoms with van der Waals surface area (Å²) in [6, 6.07) is 9.05. The SMILES string of the molecule is Cc1cccc(C2(CNC(C)(C)C)CCC2)c1. The summed E-state index contributed by atoms with van der Waals surface area (Å²) in [6.07, 6.45) is 4.04. The lowest BCUT2D eigenvalue weighted by molar-refractivity contribution is 0.213. The van der Waals surface area contributed by atoms with Gasteiger partial charge in [0.05, 0.1) is 0 Å². The molecule has 1 saturated carbocycles. The molecule has 0 spiro atoms. The third-order valence-electron chi connectivity index (χ3n) is 3.90. The molecule has 0 heterocycles. The van der Waals surface area contributed by atoms with E-state index >= 15 is 0 Å². The standard InChI is InChI=1S/C16H25N/c1-13-7-5-8-14(11-13)16(9-6-10-16)12-17-15(2,3)4/h5,7-8,11,17H,6,9-10,12H2,1-4H3. The van der Waals surface area contributed by atoms with Gasteiger partial charge in [-0.3, -0.25) is 0 Å². The highest BCUT2D eigenvalue weighted by molar-refractivity contribution is 5.32. The van der Waals surface area contributed by atoms with Crippen LogP contribution in [0.1, 0.15) is 51.2 Å². The highest BCUT2D eigenvalue weighted by atomic mass is 15.0. The van der Waals surface area contributed by atoms with E-state index in [1.807, 2.05) is 0 Å². The van der Waals surface area contributed by atoms with Crippen LogP contribution in [0.2, 0.25) is 0 Å². The summed E-state index contributed by atoms with van der Waals surface area (Å²) >= 11 is 0. The Balaban J connectivity index is 2.14. The molecule has 0 radical (unpaired) electrons. The van der Waals surface area contributed by atoms with Crippen LogP contribution in [0, 0.1) is 6.92 Å². The monoisotopic (exact) mass is 231 g/mol. The Hall–Kier alpha value is -0.820. The van der Waals surface area contributed by atoms with Crippen molar-refractivity contribution in [3.63, 3.8) is 0 Å². The number of nitrogens with one attached hydrogen (secondary N) is 1. The molecule has 1 fully saturated rings. The van der Waals surface area contributed by atoms with Gasteiger partial charge in [-0.2, -0.15) is 0 Å². The molecule has 0 amide bonds. The van der Waals surface area contributed by atoms with Crippen LogP contribution < -0.4 is 5.32 Å². The van der Waals surface area contributed by atoms with Crippen molar-refractivity contribution in [2.75, 3.05) is 6.54 Å². The lowest BCUT2D eigenvalue weighted by Gasteiger charge is -2.44. The third kappa shape index (κ3) is 2.90. The van der Waals surface area contributed by atoms with E-state index in [2.05, 4.69) is 57.3 Å². The van der Waals surface area contributed by atoms with Crippen molar-refractivity contribution in [2.24, 2.45) is 0 Å². The fraction of sp³-hybridized carbons (Fsp3) is 0.625. The quantitative estimate of drug-likeness (QED) is 0.834. The Morgan fingerprint density at radius 2 is 1.94 bits per heavy atom. The van der Waals surface area contributed by atoms with Gasteiger partial charge in [-0.15, -0.1) is 0 Å². The Kier molecular flexibility index (Phi) is 3.31. The molecule has 94 valence electrons. The summed E-state index contributed by atoms with van der Waals surface area (Å²) in [5.41, 5.74) is 3.52. The van der Waals surface area contributed by atoms with Crippen molar-refractivity contribution < 1.29 is 0 Å². The van der Waals surface area contributed by atoms with Crippen LogP contribution in [0.5, 0.6) is 0 Å². The molecule has 17 heavy (non-hydrogen) atoms. The predicted octanol–water partition coefficient (Wildman–Crippen LogP) is 3.80. The van der Waals surface area contributed by atoms with Gasteiger partial charge in [0.15, 0.2) is 0 Å². The molecule has 0 atom stereocenters. The molecule has 1 heteroatoms. The first-order valence-corrected chi connectivity index (χ1v) is 6.74. The molecular formula is C16H25N. The minimum absolute atomic E-state index is 0.215. The largest absolute Gasteiger partial charge is 0.311 e. The molecular weight excluding hydrogens is 206 g/mol. The maximum absolute atomic E-state index is 3.68. The number of aryl methyl sites for hydroxylation is 1. The summed E-state index contributed by atoms with van der Waals surface area (Å²) in [5.74, 6) is 0. The van der Waals surface area contributed by atoms with Gasteiger partial charge in [-0.25, -0.2) is 0 Å². The van der Waals surface area contributed by atoms with Crippen LogP contribution in [-0.4, -0.2) is 12.1 Å². The lowest BCUT2D eigenvalue weighted by atomic mass is 9.64. The zero-order valence-electron chi connectivity index (χ0n) is 11.6. The molecule has 1 aliphatic carbocycles. The molecule has 1 aliphatic rings. The van der Waals surface area contributed by atoms with Crippen molar-refractivity contribution in [1.29, 1.82) is 0 Å². The Bertz CT molecular complexity index is 383. The van der Waals surface area contributed by atoms with E-state index in [1.54, 1.807) is 0 Å². The average molecular weight is 231 g/mol. The predicted molar refractivity (Wildman–Crippen MR) is 74.5 cm³/mol. The molecule has 2 rings (SSSR count). The van der Waals surface area contributed by atoms with Crippen LogP contribution in [0.4, 0.5) is 0 Å². The highest BCUT2D eigenvalue weighted by Crippen LogP contribution is 2.43. The number of hydrogen-bond donors (Lipinski definition) is 1. The van der Waals surface area contributed by atoms with E-state index in [9.17, 15) is 0 Å². The van der Waals surface area contributed by atoms with E-state index < -0.39 is 0 Å². The van der Waals surface area contributed by atoms with Crippen LogP contribution in [-0.2, 0) is 5.41 Å². The van der Waals surface area contributed by atoms with E-state index in [-0.39, 0.29) is 5.54 Å². The second-order valence-corrected chi connectivity index (χ2v) is 6.61. The average Bonchev–Trinajstić information content (AvgIpc) is 2.14. The van der Waals surface area contributed by atoms with Gasteiger partial charge in [0, 0.05) is 17.5 Å². The Morgan fingerprint density at radius 1 is 1.24 bits per heavy atom. The van der Waals surface area contributed by atoms with Gasteiger partial charge >= 0.3 is 0 Å². The van der Waals surface area contributed by atoms with Crippen molar-refractivity contribution in [3.8, 4) is 0 Å². The number of rotatable bonds is 3. The molecule has 0 aromatic heterocycles. The van der Waals surface area contributed by atoms with Crippen molar-refractivity contribution >= 4 is 0 Å². The van der Waals surface area contributed by atoms with Crippen molar-refractivity contribution in [1.82, 2.24) is 5.32 Å². The maximum atomic E-state index is 3.68. The second-order valence-electron chi connectivity index (χ2n) is 6.61. The van der Waals surface area contributed by atoms with Gasteiger partial charge in [-0.05, 0) is 46.1 Å². The molecule has 1 N–H and O–H groups in total. The van der Waals surface area contributed by atoms with E-state index in [4.69, 9.17) is 0 Å². The van der Waals surface area contributed by atoms with E-state index in [0.717, 1.165) is 6.54 Å². The molecule has 0 unspecified atom stereocenters. The fourth-order valence-electron chi connectivity index (χ4n) is 2.58. The molecule has 0 aliphatic heterocycles. The second kappa shape index (κ2) is 4.45. The van der Waals surface area contributed by atoms with Crippen LogP contribution in [0.15, 0.2) is 24.3 Å². The van der Waals surface area contributed by atoms with Gasteiger partial charge < -0.3 is 5.32 Å². The number of hydrogen-bond acceptors (Lipinski definition) is 1. The lowest BCUT2D eigenvalue weighted by Crippen LogP contribution is -2.49. The minimum Gasteiger partial charge on any atom is -0.311 e. The molecule has 1 nitrogen and oxygen atoms in total. The minimum atomic E-state index is 0.215. The van der Waals surface area contributed by atoms with Crippen LogP contribution in [0.3, 0.4) is 0 Å². The summed E-state index contributed by atoms with van der Waals surface area (Å²) in [7, 11) is 0. The molecule has 0 bridgehead atoms. The summed E-state index contributed by atoms with van der Waals surface area (Å²) in [6.45, 7) is 10.0. The van der Waals surface area contributed by atoms with Crippen LogP contribution >= 0.6 is 0 Å². The summed E-state index contributed by atoms with van der Waals surface area (Å²) in [5, 5.41) is 3.68. The number of benzene rings is 1. The van der Waals surface area contributed by atoms with E-state index in [0.29, 0.717) is 5.41 Å². The fourth-order valence-corrected chi connectivity index (χ4v) is 2.58. The van der Waals surface area contributed by atoms with E-state index in [1.165, 1.54) is 30.4 Å². The summed E-state index contributed by atoms with van der Waals surface area (Å²) < 4.78 is 0. The first-order chi connectivity index (χ1) is 7.91. The van der Waals surface area contributed by atoms with Gasteiger partial charge in [0.1, 0.15) is 0 Å². The molecule has 1 aromatic carbocycles. The third-order valence-corrected chi connectivity index (χ3v) is 3.90. The zero-order chi connectivity index (χ0) is 12.5. The highest BCUT2D eigenvalue weighted by Gasteiger charge is 2.38.